The number of hydrogen-bond donors (Lipinski definition) is 0. The molecule has 3 aliphatic rings. The summed E-state index contributed by atoms with van der Waals surface area (Å²) in [5.74, 6) is 3.60. The van der Waals surface area contributed by atoms with Crippen LogP contribution >= 0.6 is 15.9 Å². The van der Waals surface area contributed by atoms with Crippen LogP contribution in [0.2, 0.25) is 0 Å². The maximum absolute atomic E-state index is 5.32. The van der Waals surface area contributed by atoms with E-state index in [0.717, 1.165) is 34.5 Å². The Morgan fingerprint density at radius 2 is 1.88 bits per heavy atom. The maximum Gasteiger partial charge on any atom is 0.133 e. The lowest BCUT2D eigenvalue weighted by Gasteiger charge is -2.37. The van der Waals surface area contributed by atoms with Crippen LogP contribution in [0.15, 0.2) is 34.8 Å². The van der Waals surface area contributed by atoms with E-state index >= 15 is 0 Å². The molecular formula is C20H27BrN2O. The molecule has 24 heavy (non-hydrogen) atoms. The average Bonchev–Trinajstić information content (AvgIpc) is 3.20. The quantitative estimate of drug-likeness (QED) is 0.711. The predicted octanol–water partition coefficient (Wildman–Crippen LogP) is 3.79. The minimum Gasteiger partial charge on any atom is -0.496 e. The molecule has 0 aromatic heterocycles. The molecule has 0 radical (unpaired) electrons. The summed E-state index contributed by atoms with van der Waals surface area (Å²) in [5.41, 5.74) is 1.36. The van der Waals surface area contributed by atoms with Crippen molar-refractivity contribution in [3.8, 4) is 5.75 Å². The van der Waals surface area contributed by atoms with Crippen molar-refractivity contribution in [2.75, 3.05) is 39.8 Å². The normalized spacial score (nSPS) is 30.2. The first kappa shape index (κ1) is 16.6. The van der Waals surface area contributed by atoms with E-state index in [1.807, 2.05) is 0 Å². The highest BCUT2D eigenvalue weighted by Crippen LogP contribution is 2.43. The second kappa shape index (κ2) is 7.19. The highest BCUT2D eigenvalue weighted by Gasteiger charge is 2.36. The fourth-order valence-corrected chi connectivity index (χ4v) is 5.22. The molecule has 1 saturated heterocycles. The molecule has 2 fully saturated rings. The van der Waals surface area contributed by atoms with Crippen molar-refractivity contribution in [3.05, 3.63) is 40.4 Å². The molecule has 1 aromatic rings. The van der Waals surface area contributed by atoms with Gasteiger partial charge in [-0.3, -0.25) is 4.90 Å². The predicted molar refractivity (Wildman–Crippen MR) is 101 cm³/mol. The minimum absolute atomic E-state index is 0.879. The highest BCUT2D eigenvalue weighted by molar-refractivity contribution is 9.10. The van der Waals surface area contributed by atoms with Crippen LogP contribution in [-0.2, 0) is 6.54 Å². The second-order valence-corrected chi connectivity index (χ2v) is 8.44. The molecule has 0 N–H and O–H groups in total. The van der Waals surface area contributed by atoms with Gasteiger partial charge in [0, 0.05) is 39.3 Å². The van der Waals surface area contributed by atoms with E-state index in [1.165, 1.54) is 51.1 Å². The number of piperazine rings is 1. The largest absolute Gasteiger partial charge is 0.496 e. The van der Waals surface area contributed by atoms with Gasteiger partial charge in [-0.15, -0.1) is 0 Å². The molecule has 2 aliphatic carbocycles. The summed E-state index contributed by atoms with van der Waals surface area (Å²) in [7, 11) is 1.71. The number of nitrogens with zero attached hydrogens (tertiary/aromatic N) is 2. The van der Waals surface area contributed by atoms with E-state index in [0.29, 0.717) is 0 Å². The van der Waals surface area contributed by atoms with Gasteiger partial charge in [0.15, 0.2) is 0 Å². The van der Waals surface area contributed by atoms with Gasteiger partial charge in [0.2, 0.25) is 0 Å². The zero-order chi connectivity index (χ0) is 16.5. The third-order valence-corrected chi connectivity index (χ3v) is 6.62. The second-order valence-electron chi connectivity index (χ2n) is 7.59. The molecule has 3 atom stereocenters. The molecular weight excluding hydrogens is 364 g/mol. The summed E-state index contributed by atoms with van der Waals surface area (Å²) < 4.78 is 6.36. The van der Waals surface area contributed by atoms with Crippen LogP contribution in [0.1, 0.15) is 18.4 Å². The lowest BCUT2D eigenvalue weighted by Crippen LogP contribution is -2.47. The molecule has 130 valence electrons. The Balaban J connectivity index is 1.25. The summed E-state index contributed by atoms with van der Waals surface area (Å²) in [5, 5.41) is 0. The summed E-state index contributed by atoms with van der Waals surface area (Å²) >= 11 is 3.59. The van der Waals surface area contributed by atoms with Crippen molar-refractivity contribution in [2.45, 2.75) is 19.4 Å². The average molecular weight is 391 g/mol. The molecule has 1 heterocycles. The van der Waals surface area contributed by atoms with Gasteiger partial charge in [0.1, 0.15) is 5.75 Å². The van der Waals surface area contributed by atoms with Crippen LogP contribution in [0.4, 0.5) is 0 Å². The first-order valence-electron chi connectivity index (χ1n) is 9.16. The molecule has 2 bridgehead atoms. The summed E-state index contributed by atoms with van der Waals surface area (Å²) in [6.45, 7) is 7.14. The number of ether oxygens (including phenoxy) is 1. The lowest BCUT2D eigenvalue weighted by atomic mass is 9.93. The van der Waals surface area contributed by atoms with Crippen molar-refractivity contribution >= 4 is 15.9 Å². The molecule has 4 rings (SSSR count). The van der Waals surface area contributed by atoms with Gasteiger partial charge in [-0.1, -0.05) is 18.2 Å². The topological polar surface area (TPSA) is 15.7 Å². The number of rotatable bonds is 5. The molecule has 1 saturated carbocycles. The Labute approximate surface area is 153 Å². The molecule has 1 aliphatic heterocycles. The molecule has 3 nitrogen and oxygen atoms in total. The Bertz CT molecular complexity index is 610. The summed E-state index contributed by atoms with van der Waals surface area (Å²) in [6, 6.07) is 6.42. The fraction of sp³-hybridized carbons (Fsp3) is 0.600. The van der Waals surface area contributed by atoms with Gasteiger partial charge in [-0.2, -0.15) is 0 Å². The molecule has 4 heteroatoms. The summed E-state index contributed by atoms with van der Waals surface area (Å²) in [6.07, 6.45) is 7.79. The monoisotopic (exact) mass is 390 g/mol. The molecule has 3 unspecified atom stereocenters. The van der Waals surface area contributed by atoms with Crippen LogP contribution in [0, 0.1) is 17.8 Å². The highest BCUT2D eigenvalue weighted by atomic mass is 79.9. The van der Waals surface area contributed by atoms with Crippen molar-refractivity contribution in [2.24, 2.45) is 17.8 Å². The minimum atomic E-state index is 0.879. The third-order valence-electron chi connectivity index (χ3n) is 6.00. The standard InChI is InChI=1S/C20H27BrN2O/c1-24-20-5-3-16(12-19(20)21)13-22-6-8-23(9-7-22)14-18-11-15-2-4-17(18)10-15/h2-5,12,15,17-18H,6-11,13-14H2,1H3. The van der Waals surface area contributed by atoms with E-state index in [9.17, 15) is 0 Å². The molecule has 0 spiro atoms. The number of methoxy groups -OCH3 is 1. The smallest absolute Gasteiger partial charge is 0.133 e. The van der Waals surface area contributed by atoms with E-state index in [2.05, 4.69) is 56.1 Å². The van der Waals surface area contributed by atoms with E-state index in [-0.39, 0.29) is 0 Å². The van der Waals surface area contributed by atoms with E-state index < -0.39 is 0 Å². The van der Waals surface area contributed by atoms with E-state index in [4.69, 9.17) is 4.74 Å². The number of hydrogen-bond acceptors (Lipinski definition) is 3. The van der Waals surface area contributed by atoms with Crippen LogP contribution in [-0.4, -0.2) is 49.6 Å². The Kier molecular flexibility index (Phi) is 4.98. The zero-order valence-electron chi connectivity index (χ0n) is 14.5. The molecule has 1 aromatic carbocycles. The van der Waals surface area contributed by atoms with Crippen molar-refractivity contribution in [1.82, 2.24) is 9.80 Å². The number of halogens is 1. The SMILES string of the molecule is COc1ccc(CN2CCN(CC3CC4C=CC3C4)CC2)cc1Br. The molecule has 0 amide bonds. The van der Waals surface area contributed by atoms with Crippen LogP contribution in [0.5, 0.6) is 5.75 Å². The first-order chi connectivity index (χ1) is 11.7. The Morgan fingerprint density at radius 1 is 1.08 bits per heavy atom. The van der Waals surface area contributed by atoms with Crippen LogP contribution < -0.4 is 4.74 Å². The third kappa shape index (κ3) is 3.56. The van der Waals surface area contributed by atoms with Gasteiger partial charge in [-0.05, 0) is 64.2 Å². The fourth-order valence-electron chi connectivity index (χ4n) is 4.63. The Hall–Kier alpha value is -0.840. The maximum atomic E-state index is 5.32. The lowest BCUT2D eigenvalue weighted by molar-refractivity contribution is 0.108. The van der Waals surface area contributed by atoms with Crippen molar-refractivity contribution in [3.63, 3.8) is 0 Å². The summed E-state index contributed by atoms with van der Waals surface area (Å²) in [4.78, 5) is 5.27. The van der Waals surface area contributed by atoms with Gasteiger partial charge >= 0.3 is 0 Å². The van der Waals surface area contributed by atoms with Crippen LogP contribution in [0.25, 0.3) is 0 Å². The van der Waals surface area contributed by atoms with E-state index in [1.54, 1.807) is 7.11 Å². The van der Waals surface area contributed by atoms with Crippen molar-refractivity contribution < 1.29 is 4.74 Å². The Morgan fingerprint density at radius 3 is 2.50 bits per heavy atom. The van der Waals surface area contributed by atoms with Crippen molar-refractivity contribution in [1.29, 1.82) is 0 Å². The number of fused-ring (bicyclic) bond motifs is 2. The van der Waals surface area contributed by atoms with Crippen LogP contribution in [0.3, 0.4) is 0 Å². The van der Waals surface area contributed by atoms with Gasteiger partial charge in [-0.25, -0.2) is 0 Å². The van der Waals surface area contributed by atoms with Gasteiger partial charge < -0.3 is 9.64 Å². The number of allylic oxidation sites excluding steroid dienone is 2. The number of benzene rings is 1. The zero-order valence-corrected chi connectivity index (χ0v) is 16.0. The first-order valence-corrected chi connectivity index (χ1v) is 9.96. The van der Waals surface area contributed by atoms with Gasteiger partial charge in [0.05, 0.1) is 11.6 Å². The van der Waals surface area contributed by atoms with Gasteiger partial charge in [0.25, 0.3) is 0 Å².